The minimum absolute atomic E-state index is 0.0312. The van der Waals surface area contributed by atoms with Crippen molar-refractivity contribution >= 4 is 11.9 Å². The highest BCUT2D eigenvalue weighted by molar-refractivity contribution is 5.95. The fraction of sp³-hybridized carbons (Fsp3) is 0.722. The molecule has 1 aliphatic heterocycles. The zero-order valence-electron chi connectivity index (χ0n) is 15.5. The number of ether oxygens (including phenoxy) is 1. The fourth-order valence-electron chi connectivity index (χ4n) is 3.26. The van der Waals surface area contributed by atoms with Crippen molar-refractivity contribution in [3.8, 4) is 0 Å². The van der Waals surface area contributed by atoms with Gasteiger partial charge in [-0.25, -0.2) is 0 Å². The second kappa shape index (κ2) is 7.36. The van der Waals surface area contributed by atoms with E-state index in [1.807, 2.05) is 11.6 Å². The molecule has 1 aliphatic rings. The summed E-state index contributed by atoms with van der Waals surface area (Å²) in [6.07, 6.45) is 4.02. The van der Waals surface area contributed by atoms with E-state index < -0.39 is 0 Å². The topological polar surface area (TPSA) is 64.4 Å². The van der Waals surface area contributed by atoms with Gasteiger partial charge in [-0.1, -0.05) is 6.92 Å². The van der Waals surface area contributed by atoms with Crippen molar-refractivity contribution in [2.24, 2.45) is 5.92 Å². The minimum atomic E-state index is -0.217. The van der Waals surface area contributed by atoms with Gasteiger partial charge in [-0.3, -0.25) is 14.3 Å². The first-order valence-corrected chi connectivity index (χ1v) is 8.82. The molecule has 0 bridgehead atoms. The van der Waals surface area contributed by atoms with Gasteiger partial charge in [0.05, 0.1) is 35.5 Å². The highest BCUT2D eigenvalue weighted by Gasteiger charge is 2.32. The lowest BCUT2D eigenvalue weighted by molar-refractivity contribution is -0.149. The van der Waals surface area contributed by atoms with Gasteiger partial charge in [0, 0.05) is 13.1 Å². The van der Waals surface area contributed by atoms with Crippen LogP contribution in [0.1, 0.15) is 63.5 Å². The molecule has 2 heterocycles. The molecule has 6 nitrogen and oxygen atoms in total. The summed E-state index contributed by atoms with van der Waals surface area (Å²) in [6, 6.07) is 0. The van der Waals surface area contributed by atoms with E-state index in [9.17, 15) is 9.59 Å². The molecule has 1 aromatic rings. The Bertz CT molecular complexity index is 601. The van der Waals surface area contributed by atoms with Gasteiger partial charge in [0.15, 0.2) is 0 Å². The molecule has 0 radical (unpaired) electrons. The Balaban J connectivity index is 2.20. The third-order valence-corrected chi connectivity index (χ3v) is 4.40. The molecule has 1 saturated heterocycles. The second-order valence-electron chi connectivity index (χ2n) is 7.28. The number of piperidine rings is 1. The molecule has 0 aromatic carbocycles. The van der Waals surface area contributed by atoms with Gasteiger partial charge in [-0.05, 0) is 47.0 Å². The number of likely N-dealkylation sites (tertiary alicyclic amines) is 1. The van der Waals surface area contributed by atoms with Gasteiger partial charge in [-0.15, -0.1) is 0 Å². The summed E-state index contributed by atoms with van der Waals surface area (Å²) in [4.78, 5) is 26.7. The third-order valence-electron chi connectivity index (χ3n) is 4.40. The summed E-state index contributed by atoms with van der Waals surface area (Å²) in [5.74, 6) is -0.446. The van der Waals surface area contributed by atoms with Crippen LogP contribution in [0.15, 0.2) is 6.20 Å². The van der Waals surface area contributed by atoms with E-state index in [0.717, 1.165) is 25.0 Å². The normalized spacial score (nSPS) is 18.5. The Kier molecular flexibility index (Phi) is 5.67. The van der Waals surface area contributed by atoms with Crippen LogP contribution in [-0.2, 0) is 21.5 Å². The molecule has 134 valence electrons. The number of carbonyl (C=O) groups is 2. The predicted molar refractivity (Wildman–Crippen MR) is 91.9 cm³/mol. The molecule has 1 aromatic heterocycles. The number of carbonyl (C=O) groups excluding carboxylic acids is 2. The lowest BCUT2D eigenvalue weighted by Crippen LogP contribution is -2.43. The van der Waals surface area contributed by atoms with Crippen molar-refractivity contribution in [2.45, 2.75) is 59.4 Å². The number of rotatable bonds is 4. The first kappa shape index (κ1) is 18.5. The summed E-state index contributed by atoms with van der Waals surface area (Å²) >= 11 is 0. The Morgan fingerprint density at radius 2 is 2.04 bits per heavy atom. The standard InChI is InChI=1S/C18H29N3O3/c1-6-15-14(11-19-21(15)18(3,4)5)16(22)20-10-8-9-13(12-20)17(23)24-7-2/h11,13H,6-10,12H2,1-5H3/t13-/m0/s1. The van der Waals surface area contributed by atoms with Crippen LogP contribution < -0.4 is 0 Å². The molecular formula is C18H29N3O3. The summed E-state index contributed by atoms with van der Waals surface area (Å²) in [6.45, 7) is 11.6. The molecule has 24 heavy (non-hydrogen) atoms. The molecule has 1 atom stereocenters. The highest BCUT2D eigenvalue weighted by Crippen LogP contribution is 2.24. The highest BCUT2D eigenvalue weighted by atomic mass is 16.5. The Hall–Kier alpha value is -1.85. The number of esters is 1. The maximum absolute atomic E-state index is 13.0. The van der Waals surface area contributed by atoms with Crippen molar-refractivity contribution in [1.82, 2.24) is 14.7 Å². The summed E-state index contributed by atoms with van der Waals surface area (Å²) in [5, 5.41) is 4.44. The van der Waals surface area contributed by atoms with Crippen LogP contribution in [0.2, 0.25) is 0 Å². The summed E-state index contributed by atoms with van der Waals surface area (Å²) in [5.41, 5.74) is 1.43. The zero-order chi connectivity index (χ0) is 17.9. The molecule has 6 heteroatoms. The van der Waals surface area contributed by atoms with Crippen LogP contribution in [0, 0.1) is 5.92 Å². The van der Waals surface area contributed by atoms with Gasteiger partial charge in [-0.2, -0.15) is 5.10 Å². The van der Waals surface area contributed by atoms with E-state index in [4.69, 9.17) is 4.74 Å². The molecule has 0 spiro atoms. The Labute approximate surface area is 144 Å². The van der Waals surface area contributed by atoms with E-state index in [2.05, 4.69) is 25.9 Å². The third kappa shape index (κ3) is 3.79. The molecule has 1 fully saturated rings. The van der Waals surface area contributed by atoms with Gasteiger partial charge in [0.1, 0.15) is 0 Å². The van der Waals surface area contributed by atoms with E-state index in [1.165, 1.54) is 0 Å². The number of hydrogen-bond donors (Lipinski definition) is 0. The van der Waals surface area contributed by atoms with Crippen molar-refractivity contribution in [2.75, 3.05) is 19.7 Å². The van der Waals surface area contributed by atoms with Crippen LogP contribution >= 0.6 is 0 Å². The number of amides is 1. The molecule has 0 aliphatic carbocycles. The van der Waals surface area contributed by atoms with Crippen molar-refractivity contribution in [1.29, 1.82) is 0 Å². The van der Waals surface area contributed by atoms with Gasteiger partial charge in [0.25, 0.3) is 5.91 Å². The monoisotopic (exact) mass is 335 g/mol. The lowest BCUT2D eigenvalue weighted by Gasteiger charge is -2.31. The second-order valence-corrected chi connectivity index (χ2v) is 7.28. The maximum atomic E-state index is 13.0. The first-order chi connectivity index (χ1) is 11.3. The number of aromatic nitrogens is 2. The number of nitrogens with zero attached hydrogens (tertiary/aromatic N) is 3. The molecular weight excluding hydrogens is 306 g/mol. The lowest BCUT2D eigenvalue weighted by atomic mass is 9.97. The molecule has 1 amide bonds. The number of hydrogen-bond acceptors (Lipinski definition) is 4. The van der Waals surface area contributed by atoms with Crippen molar-refractivity contribution < 1.29 is 14.3 Å². The zero-order valence-corrected chi connectivity index (χ0v) is 15.5. The van der Waals surface area contributed by atoms with Crippen LogP contribution in [0.25, 0.3) is 0 Å². The molecule has 0 unspecified atom stereocenters. The fourth-order valence-corrected chi connectivity index (χ4v) is 3.26. The maximum Gasteiger partial charge on any atom is 0.310 e. The van der Waals surface area contributed by atoms with E-state index in [-0.39, 0.29) is 23.3 Å². The predicted octanol–water partition coefficient (Wildman–Crippen LogP) is 2.62. The molecule has 0 N–H and O–H groups in total. The van der Waals surface area contributed by atoms with Crippen molar-refractivity contribution in [3.05, 3.63) is 17.5 Å². The molecule has 0 saturated carbocycles. The Morgan fingerprint density at radius 3 is 2.62 bits per heavy atom. The smallest absolute Gasteiger partial charge is 0.310 e. The quantitative estimate of drug-likeness (QED) is 0.794. The summed E-state index contributed by atoms with van der Waals surface area (Å²) < 4.78 is 7.04. The average Bonchev–Trinajstić information content (AvgIpc) is 2.98. The van der Waals surface area contributed by atoms with Gasteiger partial charge < -0.3 is 9.64 Å². The van der Waals surface area contributed by atoms with E-state index in [1.54, 1.807) is 18.0 Å². The van der Waals surface area contributed by atoms with E-state index >= 15 is 0 Å². The summed E-state index contributed by atoms with van der Waals surface area (Å²) in [7, 11) is 0. The van der Waals surface area contributed by atoms with Crippen LogP contribution in [-0.4, -0.2) is 46.3 Å². The SMILES string of the molecule is CCOC(=O)[C@H]1CCCN(C(=O)c2cnn(C(C)(C)C)c2CC)C1. The van der Waals surface area contributed by atoms with Crippen LogP contribution in [0.5, 0.6) is 0 Å². The van der Waals surface area contributed by atoms with Crippen LogP contribution in [0.3, 0.4) is 0 Å². The molecule has 2 rings (SSSR count). The largest absolute Gasteiger partial charge is 0.466 e. The first-order valence-electron chi connectivity index (χ1n) is 8.82. The van der Waals surface area contributed by atoms with E-state index in [0.29, 0.717) is 25.3 Å². The van der Waals surface area contributed by atoms with Crippen molar-refractivity contribution in [3.63, 3.8) is 0 Å². The average molecular weight is 335 g/mol. The Morgan fingerprint density at radius 1 is 1.33 bits per heavy atom. The van der Waals surface area contributed by atoms with Gasteiger partial charge in [0.2, 0.25) is 0 Å². The van der Waals surface area contributed by atoms with Crippen LogP contribution in [0.4, 0.5) is 0 Å². The van der Waals surface area contributed by atoms with Gasteiger partial charge >= 0.3 is 5.97 Å². The minimum Gasteiger partial charge on any atom is -0.466 e.